The highest BCUT2D eigenvalue weighted by atomic mass is 19.4. The number of benzene rings is 1. The number of imidazole rings is 1. The predicted molar refractivity (Wildman–Crippen MR) is 88.0 cm³/mol. The number of aryl methyl sites for hydroxylation is 2. The van der Waals surface area contributed by atoms with Crippen LogP contribution in [0.3, 0.4) is 0 Å². The molecule has 8 heteroatoms. The van der Waals surface area contributed by atoms with Crippen molar-refractivity contribution in [3.8, 4) is 11.3 Å². The number of fused-ring (bicyclic) bond motifs is 2. The van der Waals surface area contributed by atoms with Gasteiger partial charge in [-0.2, -0.15) is 18.3 Å². The molecule has 0 atom stereocenters. The van der Waals surface area contributed by atoms with Gasteiger partial charge in [-0.15, -0.1) is 0 Å². The Morgan fingerprint density at radius 1 is 1.16 bits per heavy atom. The van der Waals surface area contributed by atoms with E-state index in [2.05, 4.69) is 20.1 Å². The average Bonchev–Trinajstić information content (AvgIpc) is 3.16. The van der Waals surface area contributed by atoms with Crippen molar-refractivity contribution >= 4 is 22.1 Å². The van der Waals surface area contributed by atoms with E-state index in [1.807, 2.05) is 26.0 Å². The second-order valence-corrected chi connectivity index (χ2v) is 5.82. The minimum Gasteiger partial charge on any atom is -0.345 e. The van der Waals surface area contributed by atoms with Crippen LogP contribution in [0.1, 0.15) is 18.2 Å². The fourth-order valence-electron chi connectivity index (χ4n) is 3.05. The van der Waals surface area contributed by atoms with Crippen LogP contribution >= 0.6 is 0 Å². The van der Waals surface area contributed by atoms with E-state index in [9.17, 15) is 13.2 Å². The Hall–Kier alpha value is -2.90. The molecule has 0 amide bonds. The summed E-state index contributed by atoms with van der Waals surface area (Å²) in [4.78, 5) is 11.1. The van der Waals surface area contributed by atoms with E-state index in [0.29, 0.717) is 17.8 Å². The highest BCUT2D eigenvalue weighted by Crippen LogP contribution is 2.34. The zero-order valence-corrected chi connectivity index (χ0v) is 13.5. The number of halogens is 3. The molecular weight excluding hydrogens is 331 g/mol. The van der Waals surface area contributed by atoms with Gasteiger partial charge in [0.1, 0.15) is 16.7 Å². The molecule has 3 aromatic heterocycles. The summed E-state index contributed by atoms with van der Waals surface area (Å²) < 4.78 is 40.9. The first-order valence-electron chi connectivity index (χ1n) is 7.77. The molecule has 0 aliphatic heterocycles. The largest absolute Gasteiger partial charge is 0.433 e. The number of nitrogens with one attached hydrogen (secondary N) is 1. The Morgan fingerprint density at radius 2 is 1.96 bits per heavy atom. The standard InChI is InChI=1S/C17H14F3N5/c1-3-25-16(10-6-9(2)14-12(7-10)21-8-22-14)15-11(24-25)4-5-13(23-15)17(18,19)20/h4-8H,3H2,1-2H3,(H,21,22). The molecule has 0 radical (unpaired) electrons. The van der Waals surface area contributed by atoms with Gasteiger partial charge in [-0.1, -0.05) is 0 Å². The molecule has 4 rings (SSSR count). The van der Waals surface area contributed by atoms with Gasteiger partial charge in [-0.05, 0) is 43.7 Å². The number of pyridine rings is 1. The maximum absolute atomic E-state index is 13.1. The fourth-order valence-corrected chi connectivity index (χ4v) is 3.05. The quantitative estimate of drug-likeness (QED) is 0.588. The summed E-state index contributed by atoms with van der Waals surface area (Å²) in [5, 5.41) is 4.39. The molecule has 0 aliphatic rings. The van der Waals surface area contributed by atoms with Crippen LogP contribution in [-0.4, -0.2) is 24.7 Å². The molecule has 0 bridgehead atoms. The van der Waals surface area contributed by atoms with Crippen molar-refractivity contribution in [3.63, 3.8) is 0 Å². The molecule has 0 fully saturated rings. The summed E-state index contributed by atoms with van der Waals surface area (Å²) in [6, 6.07) is 6.08. The van der Waals surface area contributed by atoms with Gasteiger partial charge in [0, 0.05) is 12.1 Å². The Labute approximate surface area is 140 Å². The second-order valence-electron chi connectivity index (χ2n) is 5.82. The number of aromatic amines is 1. The van der Waals surface area contributed by atoms with Gasteiger partial charge in [0.15, 0.2) is 0 Å². The van der Waals surface area contributed by atoms with Crippen LogP contribution < -0.4 is 0 Å². The molecule has 0 spiro atoms. The molecule has 0 aliphatic carbocycles. The molecule has 4 aromatic rings. The van der Waals surface area contributed by atoms with E-state index in [4.69, 9.17) is 0 Å². The predicted octanol–water partition coefficient (Wildman–Crippen LogP) is 4.32. The normalized spacial score (nSPS) is 12.4. The van der Waals surface area contributed by atoms with Crippen molar-refractivity contribution < 1.29 is 13.2 Å². The van der Waals surface area contributed by atoms with Crippen molar-refractivity contribution in [2.75, 3.05) is 0 Å². The summed E-state index contributed by atoms with van der Waals surface area (Å²) in [6.45, 7) is 4.32. The third kappa shape index (κ3) is 2.45. The van der Waals surface area contributed by atoms with Crippen LogP contribution in [0.25, 0.3) is 33.3 Å². The summed E-state index contributed by atoms with van der Waals surface area (Å²) in [5.41, 5.74) is 3.67. The lowest BCUT2D eigenvalue weighted by Crippen LogP contribution is -2.07. The molecule has 1 aromatic carbocycles. The Bertz CT molecular complexity index is 1090. The minimum absolute atomic E-state index is 0.245. The van der Waals surface area contributed by atoms with Gasteiger partial charge in [0.2, 0.25) is 0 Å². The molecule has 0 unspecified atom stereocenters. The smallest absolute Gasteiger partial charge is 0.345 e. The van der Waals surface area contributed by atoms with Gasteiger partial charge >= 0.3 is 6.18 Å². The number of alkyl halides is 3. The maximum atomic E-state index is 13.1. The highest BCUT2D eigenvalue weighted by molar-refractivity contribution is 5.93. The molecule has 25 heavy (non-hydrogen) atoms. The van der Waals surface area contributed by atoms with E-state index in [-0.39, 0.29) is 5.52 Å². The first-order valence-corrected chi connectivity index (χ1v) is 7.77. The first kappa shape index (κ1) is 15.6. The van der Waals surface area contributed by atoms with Gasteiger partial charge < -0.3 is 4.98 Å². The lowest BCUT2D eigenvalue weighted by Gasteiger charge is -2.08. The summed E-state index contributed by atoms with van der Waals surface area (Å²) in [5.74, 6) is 0. The zero-order chi connectivity index (χ0) is 17.8. The van der Waals surface area contributed by atoms with Crippen molar-refractivity contribution in [1.82, 2.24) is 24.7 Å². The number of hydrogen-bond acceptors (Lipinski definition) is 3. The topological polar surface area (TPSA) is 59.4 Å². The summed E-state index contributed by atoms with van der Waals surface area (Å²) >= 11 is 0. The molecule has 0 saturated carbocycles. The zero-order valence-electron chi connectivity index (χ0n) is 13.5. The summed E-state index contributed by atoms with van der Waals surface area (Å²) in [6.07, 6.45) is -2.90. The molecule has 3 heterocycles. The average molecular weight is 345 g/mol. The molecular formula is C17H14F3N5. The Kier molecular flexibility index (Phi) is 3.31. The SMILES string of the molecule is CCn1nc2ccc(C(F)(F)F)nc2c1-c1cc(C)c2nc[nH]c2c1. The Balaban J connectivity index is 2.03. The van der Waals surface area contributed by atoms with Crippen LogP contribution in [0, 0.1) is 6.92 Å². The van der Waals surface area contributed by atoms with Crippen LogP contribution in [0.15, 0.2) is 30.6 Å². The van der Waals surface area contributed by atoms with E-state index in [1.54, 1.807) is 11.0 Å². The number of H-pyrrole nitrogens is 1. The molecule has 1 N–H and O–H groups in total. The number of rotatable bonds is 2. The van der Waals surface area contributed by atoms with E-state index < -0.39 is 11.9 Å². The Morgan fingerprint density at radius 3 is 2.68 bits per heavy atom. The second kappa shape index (κ2) is 5.30. The van der Waals surface area contributed by atoms with Gasteiger partial charge in [0.05, 0.1) is 23.1 Å². The van der Waals surface area contributed by atoms with Gasteiger partial charge in [-0.3, -0.25) is 4.68 Å². The van der Waals surface area contributed by atoms with Crippen LogP contribution in [0.5, 0.6) is 0 Å². The molecule has 128 valence electrons. The third-order valence-electron chi connectivity index (χ3n) is 4.16. The monoisotopic (exact) mass is 345 g/mol. The maximum Gasteiger partial charge on any atom is 0.433 e. The van der Waals surface area contributed by atoms with E-state index in [0.717, 1.165) is 28.2 Å². The highest BCUT2D eigenvalue weighted by Gasteiger charge is 2.33. The fraction of sp³-hybridized carbons (Fsp3) is 0.235. The number of hydrogen-bond donors (Lipinski definition) is 1. The summed E-state index contributed by atoms with van der Waals surface area (Å²) in [7, 11) is 0. The minimum atomic E-state index is -4.50. The van der Waals surface area contributed by atoms with Crippen LogP contribution in [0.4, 0.5) is 13.2 Å². The van der Waals surface area contributed by atoms with Crippen LogP contribution in [0.2, 0.25) is 0 Å². The van der Waals surface area contributed by atoms with Crippen LogP contribution in [-0.2, 0) is 12.7 Å². The van der Waals surface area contributed by atoms with Gasteiger partial charge in [-0.25, -0.2) is 9.97 Å². The van der Waals surface area contributed by atoms with E-state index in [1.165, 1.54) is 6.07 Å². The molecule has 0 saturated heterocycles. The van der Waals surface area contributed by atoms with Gasteiger partial charge in [0.25, 0.3) is 0 Å². The van der Waals surface area contributed by atoms with E-state index >= 15 is 0 Å². The lowest BCUT2D eigenvalue weighted by atomic mass is 10.1. The van der Waals surface area contributed by atoms with Crippen molar-refractivity contribution in [2.45, 2.75) is 26.6 Å². The van der Waals surface area contributed by atoms with Crippen molar-refractivity contribution in [3.05, 3.63) is 41.9 Å². The van der Waals surface area contributed by atoms with Crippen molar-refractivity contribution in [1.29, 1.82) is 0 Å². The lowest BCUT2D eigenvalue weighted by molar-refractivity contribution is -0.140. The molecule has 5 nitrogen and oxygen atoms in total. The number of nitrogens with zero attached hydrogens (tertiary/aromatic N) is 4. The number of aromatic nitrogens is 5. The third-order valence-corrected chi connectivity index (χ3v) is 4.16. The van der Waals surface area contributed by atoms with Crippen molar-refractivity contribution in [2.24, 2.45) is 0 Å². The first-order chi connectivity index (χ1) is 11.9.